The number of ether oxygens (including phenoxy) is 1. The Bertz CT molecular complexity index is 283. The monoisotopic (exact) mass is 187 g/mol. The molecule has 0 aromatic heterocycles. The molecule has 1 nitrogen and oxygen atoms in total. The fraction of sp³-hybridized carbons (Fsp3) is 0.385. The normalized spacial score (nSPS) is 18.9. The zero-order valence-electron chi connectivity index (χ0n) is 8.28. The molecule has 1 heterocycles. The van der Waals surface area contributed by atoms with E-state index in [9.17, 15) is 0 Å². The van der Waals surface area contributed by atoms with E-state index in [1.54, 1.807) is 0 Å². The Labute approximate surface area is 85.4 Å². The van der Waals surface area contributed by atoms with E-state index in [-0.39, 0.29) is 0 Å². The van der Waals surface area contributed by atoms with Crippen LogP contribution in [0.3, 0.4) is 0 Å². The van der Waals surface area contributed by atoms with E-state index in [1.807, 2.05) is 12.1 Å². The molecular formula is C13H15O. The molecule has 0 aliphatic carbocycles. The Morgan fingerprint density at radius 1 is 1.21 bits per heavy atom. The Morgan fingerprint density at radius 2 is 1.93 bits per heavy atom. The van der Waals surface area contributed by atoms with E-state index in [4.69, 9.17) is 4.74 Å². The summed E-state index contributed by atoms with van der Waals surface area (Å²) in [6.45, 7) is 1.83. The molecular weight excluding hydrogens is 172 g/mol. The summed E-state index contributed by atoms with van der Waals surface area (Å²) in [4.78, 5) is 0. The van der Waals surface area contributed by atoms with Crippen molar-refractivity contribution in [1.82, 2.24) is 0 Å². The van der Waals surface area contributed by atoms with Gasteiger partial charge in [0, 0.05) is 13.2 Å². The van der Waals surface area contributed by atoms with Gasteiger partial charge in [0.25, 0.3) is 0 Å². The fourth-order valence-corrected chi connectivity index (χ4v) is 1.67. The van der Waals surface area contributed by atoms with Crippen LogP contribution in [0.2, 0.25) is 0 Å². The molecule has 0 N–H and O–H groups in total. The molecule has 0 atom stereocenters. The van der Waals surface area contributed by atoms with Gasteiger partial charge in [-0.15, -0.1) is 0 Å². The van der Waals surface area contributed by atoms with Crippen molar-refractivity contribution in [3.8, 4) is 0 Å². The molecule has 1 aromatic rings. The quantitative estimate of drug-likeness (QED) is 0.691. The van der Waals surface area contributed by atoms with Crippen molar-refractivity contribution in [2.75, 3.05) is 13.2 Å². The summed E-state index contributed by atoms with van der Waals surface area (Å²) in [5.41, 5.74) is 1.26. The maximum atomic E-state index is 5.31. The summed E-state index contributed by atoms with van der Waals surface area (Å²) >= 11 is 0. The second kappa shape index (κ2) is 4.97. The van der Waals surface area contributed by atoms with Gasteiger partial charge in [-0.25, -0.2) is 0 Å². The molecule has 1 aliphatic heterocycles. The molecule has 1 aliphatic rings. The van der Waals surface area contributed by atoms with Crippen molar-refractivity contribution in [3.63, 3.8) is 0 Å². The van der Waals surface area contributed by atoms with Crippen molar-refractivity contribution < 1.29 is 4.74 Å². The third-order valence-electron chi connectivity index (χ3n) is 2.57. The highest BCUT2D eigenvalue weighted by Gasteiger charge is 2.09. The molecule has 0 saturated carbocycles. The van der Waals surface area contributed by atoms with Gasteiger partial charge >= 0.3 is 0 Å². The Balaban J connectivity index is 1.93. The molecule has 1 saturated heterocycles. The van der Waals surface area contributed by atoms with Crippen LogP contribution in [0.1, 0.15) is 18.4 Å². The van der Waals surface area contributed by atoms with E-state index in [2.05, 4.69) is 30.4 Å². The average molecular weight is 187 g/mol. The third-order valence-corrected chi connectivity index (χ3v) is 2.57. The fourth-order valence-electron chi connectivity index (χ4n) is 1.67. The van der Waals surface area contributed by atoms with Gasteiger partial charge in [-0.05, 0) is 30.4 Å². The lowest BCUT2D eigenvalue weighted by Crippen LogP contribution is -2.13. The van der Waals surface area contributed by atoms with E-state index in [0.717, 1.165) is 26.1 Å². The molecule has 0 bridgehead atoms. The van der Waals surface area contributed by atoms with Gasteiger partial charge in [-0.1, -0.05) is 36.4 Å². The van der Waals surface area contributed by atoms with Crippen LogP contribution in [0.25, 0.3) is 6.08 Å². The van der Waals surface area contributed by atoms with Crippen molar-refractivity contribution in [3.05, 3.63) is 42.0 Å². The molecule has 14 heavy (non-hydrogen) atoms. The summed E-state index contributed by atoms with van der Waals surface area (Å²) in [5.74, 6) is 0.702. The third kappa shape index (κ3) is 2.71. The van der Waals surface area contributed by atoms with Crippen LogP contribution in [-0.4, -0.2) is 13.2 Å². The van der Waals surface area contributed by atoms with Crippen LogP contribution in [-0.2, 0) is 4.74 Å². The van der Waals surface area contributed by atoms with E-state index >= 15 is 0 Å². The number of hydrogen-bond donors (Lipinski definition) is 0. The van der Waals surface area contributed by atoms with Crippen LogP contribution < -0.4 is 0 Å². The topological polar surface area (TPSA) is 9.23 Å². The Morgan fingerprint density at radius 3 is 2.64 bits per heavy atom. The lowest BCUT2D eigenvalue weighted by Gasteiger charge is -2.18. The smallest absolute Gasteiger partial charge is 0.0471 e. The molecule has 0 amide bonds. The van der Waals surface area contributed by atoms with Crippen LogP contribution >= 0.6 is 0 Å². The van der Waals surface area contributed by atoms with Crippen LogP contribution in [0.4, 0.5) is 0 Å². The first-order chi connectivity index (χ1) is 6.95. The average Bonchev–Trinajstić information content (AvgIpc) is 2.29. The maximum absolute atomic E-state index is 5.31. The molecule has 1 aromatic carbocycles. The zero-order chi connectivity index (χ0) is 9.64. The highest BCUT2D eigenvalue weighted by molar-refractivity contribution is 5.48. The lowest BCUT2D eigenvalue weighted by molar-refractivity contribution is 0.0787. The van der Waals surface area contributed by atoms with Gasteiger partial charge in [-0.2, -0.15) is 0 Å². The van der Waals surface area contributed by atoms with E-state index < -0.39 is 0 Å². The predicted octanol–water partition coefficient (Wildman–Crippen LogP) is 2.93. The highest BCUT2D eigenvalue weighted by atomic mass is 16.5. The number of benzene rings is 1. The number of rotatable bonds is 2. The summed E-state index contributed by atoms with van der Waals surface area (Å²) in [7, 11) is 0. The number of hydrogen-bond acceptors (Lipinski definition) is 1. The molecule has 0 unspecified atom stereocenters. The Kier molecular flexibility index (Phi) is 3.36. The summed E-state index contributed by atoms with van der Waals surface area (Å²) in [6.07, 6.45) is 6.83. The summed E-state index contributed by atoms with van der Waals surface area (Å²) in [5, 5.41) is 0. The number of allylic oxidation sites excluding steroid dienone is 1. The zero-order valence-corrected chi connectivity index (χ0v) is 8.28. The molecule has 73 valence electrons. The predicted molar refractivity (Wildman–Crippen MR) is 57.9 cm³/mol. The van der Waals surface area contributed by atoms with Crippen LogP contribution in [0, 0.1) is 12.0 Å². The minimum atomic E-state index is 0.702. The largest absolute Gasteiger partial charge is 0.381 e. The highest BCUT2D eigenvalue weighted by Crippen LogP contribution is 2.17. The maximum Gasteiger partial charge on any atom is 0.0471 e. The molecule has 0 spiro atoms. The van der Waals surface area contributed by atoms with E-state index in [1.165, 1.54) is 5.56 Å². The van der Waals surface area contributed by atoms with Crippen molar-refractivity contribution in [2.45, 2.75) is 12.8 Å². The lowest BCUT2D eigenvalue weighted by atomic mass is 9.99. The molecule has 2 rings (SSSR count). The van der Waals surface area contributed by atoms with Crippen molar-refractivity contribution in [1.29, 1.82) is 0 Å². The molecule has 1 radical (unpaired) electrons. The van der Waals surface area contributed by atoms with Gasteiger partial charge in [0.15, 0.2) is 0 Å². The standard InChI is InChI=1S/C13H15O/c1-2-4-12(5-3-1)6-7-13-8-10-14-11-9-13/h2-7,13H,8-11H2. The van der Waals surface area contributed by atoms with Gasteiger partial charge < -0.3 is 4.74 Å². The van der Waals surface area contributed by atoms with E-state index in [0.29, 0.717) is 5.92 Å². The van der Waals surface area contributed by atoms with Gasteiger partial charge in [0.2, 0.25) is 0 Å². The first kappa shape index (κ1) is 9.47. The van der Waals surface area contributed by atoms with Gasteiger partial charge in [0.1, 0.15) is 0 Å². The second-order valence-electron chi connectivity index (χ2n) is 3.64. The van der Waals surface area contributed by atoms with Crippen molar-refractivity contribution >= 4 is 6.08 Å². The minimum Gasteiger partial charge on any atom is -0.381 e. The van der Waals surface area contributed by atoms with Crippen LogP contribution in [0.5, 0.6) is 0 Å². The first-order valence-corrected chi connectivity index (χ1v) is 5.17. The Hall–Kier alpha value is -1.08. The second-order valence-corrected chi connectivity index (χ2v) is 3.64. The minimum absolute atomic E-state index is 0.702. The summed E-state index contributed by atoms with van der Waals surface area (Å²) < 4.78 is 5.31. The molecule has 1 fully saturated rings. The van der Waals surface area contributed by atoms with Gasteiger partial charge in [0.05, 0.1) is 0 Å². The van der Waals surface area contributed by atoms with Crippen molar-refractivity contribution in [2.24, 2.45) is 5.92 Å². The van der Waals surface area contributed by atoms with Crippen LogP contribution in [0.15, 0.2) is 30.3 Å². The van der Waals surface area contributed by atoms with Gasteiger partial charge in [-0.3, -0.25) is 0 Å². The first-order valence-electron chi connectivity index (χ1n) is 5.17. The summed E-state index contributed by atoms with van der Waals surface area (Å²) in [6, 6.07) is 11.1. The SMILES string of the molecule is [c]1ccc(C=CC2CCOCC2)cc1. The molecule has 1 heteroatoms.